The van der Waals surface area contributed by atoms with Crippen LogP contribution in [0.4, 0.5) is 5.82 Å². The summed E-state index contributed by atoms with van der Waals surface area (Å²) in [6.07, 6.45) is 0. The van der Waals surface area contributed by atoms with Crippen molar-refractivity contribution < 1.29 is 14.1 Å². The smallest absolute Gasteiger partial charge is 0.238 e. The molecule has 29 heavy (non-hydrogen) atoms. The molecule has 10 heteroatoms. The SMILES string of the molecule is Cc1nc(C(NC(=O)CSC(C)C(=O)Nc2cc(C)on2)c2ccccc2)n[nH]1. The normalized spacial score (nSPS) is 12.9. The molecule has 0 saturated heterocycles. The van der Waals surface area contributed by atoms with E-state index in [1.807, 2.05) is 30.3 Å². The summed E-state index contributed by atoms with van der Waals surface area (Å²) in [4.78, 5) is 29.1. The summed E-state index contributed by atoms with van der Waals surface area (Å²) in [5.41, 5.74) is 0.872. The van der Waals surface area contributed by atoms with E-state index in [2.05, 4.69) is 31.0 Å². The standard InChI is InChI=1S/C19H22N6O3S/c1-11-9-15(25-28-11)21-19(27)12(2)29-10-16(26)22-17(14-7-5-4-6-8-14)18-20-13(3)23-24-18/h4-9,12,17H,10H2,1-3H3,(H,22,26)(H,20,23,24)(H,21,25,27). The number of hydrogen-bond acceptors (Lipinski definition) is 7. The molecule has 0 fully saturated rings. The average molecular weight is 414 g/mol. The van der Waals surface area contributed by atoms with Crippen molar-refractivity contribution in [3.63, 3.8) is 0 Å². The number of H-pyrrole nitrogens is 1. The largest absolute Gasteiger partial charge is 0.360 e. The molecule has 0 aliphatic rings. The molecule has 0 radical (unpaired) electrons. The Morgan fingerprint density at radius 3 is 2.62 bits per heavy atom. The molecule has 2 aromatic heterocycles. The van der Waals surface area contributed by atoms with Gasteiger partial charge < -0.3 is 15.2 Å². The fourth-order valence-corrected chi connectivity index (χ4v) is 3.26. The van der Waals surface area contributed by atoms with Gasteiger partial charge in [-0.25, -0.2) is 4.98 Å². The van der Waals surface area contributed by atoms with Gasteiger partial charge in [0.25, 0.3) is 0 Å². The van der Waals surface area contributed by atoms with E-state index >= 15 is 0 Å². The highest BCUT2D eigenvalue weighted by Crippen LogP contribution is 2.20. The molecule has 152 valence electrons. The van der Waals surface area contributed by atoms with Crippen LogP contribution in [-0.2, 0) is 9.59 Å². The van der Waals surface area contributed by atoms with Crippen LogP contribution in [0, 0.1) is 13.8 Å². The zero-order chi connectivity index (χ0) is 20.8. The van der Waals surface area contributed by atoms with Crippen LogP contribution in [-0.4, -0.2) is 43.2 Å². The molecular formula is C19H22N6O3S. The molecule has 2 amide bonds. The Balaban J connectivity index is 1.58. The van der Waals surface area contributed by atoms with Crippen molar-refractivity contribution in [3.05, 3.63) is 59.4 Å². The van der Waals surface area contributed by atoms with E-state index < -0.39 is 11.3 Å². The molecule has 3 aromatic rings. The van der Waals surface area contributed by atoms with Crippen molar-refractivity contribution >= 4 is 29.4 Å². The number of aromatic amines is 1. The zero-order valence-corrected chi connectivity index (χ0v) is 17.1. The fraction of sp³-hybridized carbons (Fsp3) is 0.316. The Bertz CT molecular complexity index is 971. The second-order valence-corrected chi connectivity index (χ2v) is 7.78. The van der Waals surface area contributed by atoms with Crippen molar-refractivity contribution in [2.24, 2.45) is 0 Å². The van der Waals surface area contributed by atoms with Gasteiger partial charge in [0.05, 0.1) is 11.0 Å². The van der Waals surface area contributed by atoms with E-state index in [1.165, 1.54) is 11.8 Å². The van der Waals surface area contributed by atoms with E-state index in [9.17, 15) is 9.59 Å². The summed E-state index contributed by atoms with van der Waals surface area (Å²) in [6, 6.07) is 10.6. The molecular weight excluding hydrogens is 392 g/mol. The Kier molecular flexibility index (Phi) is 6.65. The van der Waals surface area contributed by atoms with Gasteiger partial charge in [0, 0.05) is 6.07 Å². The summed E-state index contributed by atoms with van der Waals surface area (Å²) in [5.74, 6) is 1.75. The number of anilines is 1. The van der Waals surface area contributed by atoms with E-state index in [1.54, 1.807) is 26.8 Å². The maximum atomic E-state index is 12.5. The number of carbonyl (C=O) groups is 2. The highest BCUT2D eigenvalue weighted by molar-refractivity contribution is 8.01. The summed E-state index contributed by atoms with van der Waals surface area (Å²) < 4.78 is 4.92. The monoisotopic (exact) mass is 414 g/mol. The summed E-state index contributed by atoms with van der Waals surface area (Å²) in [6.45, 7) is 5.27. The van der Waals surface area contributed by atoms with Gasteiger partial charge in [-0.15, -0.1) is 11.8 Å². The van der Waals surface area contributed by atoms with E-state index in [4.69, 9.17) is 4.52 Å². The first-order valence-corrected chi connectivity index (χ1v) is 10.1. The molecule has 0 bridgehead atoms. The topological polar surface area (TPSA) is 126 Å². The number of amides is 2. The van der Waals surface area contributed by atoms with E-state index in [-0.39, 0.29) is 17.6 Å². The quantitative estimate of drug-likeness (QED) is 0.516. The average Bonchev–Trinajstić information content (AvgIpc) is 3.32. The first-order valence-electron chi connectivity index (χ1n) is 9.01. The van der Waals surface area contributed by atoms with Crippen LogP contribution < -0.4 is 10.6 Å². The number of nitrogens with zero attached hydrogens (tertiary/aromatic N) is 3. The molecule has 2 heterocycles. The third-order valence-corrected chi connectivity index (χ3v) is 5.17. The fourth-order valence-electron chi connectivity index (χ4n) is 2.56. The van der Waals surface area contributed by atoms with Crippen LogP contribution in [0.3, 0.4) is 0 Å². The number of aromatic nitrogens is 4. The van der Waals surface area contributed by atoms with Gasteiger partial charge >= 0.3 is 0 Å². The molecule has 0 aliphatic heterocycles. The van der Waals surface area contributed by atoms with Crippen LogP contribution in [0.15, 0.2) is 40.9 Å². The lowest BCUT2D eigenvalue weighted by molar-refractivity contribution is -0.119. The minimum Gasteiger partial charge on any atom is -0.360 e. The van der Waals surface area contributed by atoms with Gasteiger partial charge in [0.1, 0.15) is 17.6 Å². The number of nitrogens with one attached hydrogen (secondary N) is 3. The highest BCUT2D eigenvalue weighted by Gasteiger charge is 2.22. The third kappa shape index (κ3) is 5.67. The Morgan fingerprint density at radius 1 is 1.24 bits per heavy atom. The lowest BCUT2D eigenvalue weighted by atomic mass is 10.1. The second kappa shape index (κ2) is 9.37. The minimum absolute atomic E-state index is 0.110. The summed E-state index contributed by atoms with van der Waals surface area (Å²) in [5, 5.41) is 15.9. The van der Waals surface area contributed by atoms with Gasteiger partial charge in [-0.1, -0.05) is 35.5 Å². The molecule has 0 aliphatic carbocycles. The second-order valence-electron chi connectivity index (χ2n) is 6.46. The van der Waals surface area contributed by atoms with Crippen molar-refractivity contribution in [2.75, 3.05) is 11.1 Å². The van der Waals surface area contributed by atoms with Gasteiger partial charge in [-0.3, -0.25) is 14.7 Å². The van der Waals surface area contributed by atoms with Crippen molar-refractivity contribution in [3.8, 4) is 0 Å². The molecule has 0 spiro atoms. The summed E-state index contributed by atoms with van der Waals surface area (Å²) in [7, 11) is 0. The Labute approximate surface area is 172 Å². The predicted molar refractivity (Wildman–Crippen MR) is 109 cm³/mol. The van der Waals surface area contributed by atoms with Crippen molar-refractivity contribution in [2.45, 2.75) is 32.1 Å². The number of hydrogen-bond donors (Lipinski definition) is 3. The van der Waals surface area contributed by atoms with Crippen LogP contribution in [0.25, 0.3) is 0 Å². The number of aryl methyl sites for hydroxylation is 2. The van der Waals surface area contributed by atoms with Crippen LogP contribution in [0.2, 0.25) is 0 Å². The van der Waals surface area contributed by atoms with E-state index in [0.717, 1.165) is 5.56 Å². The van der Waals surface area contributed by atoms with Gasteiger partial charge in [-0.2, -0.15) is 5.10 Å². The number of carbonyl (C=O) groups excluding carboxylic acids is 2. The van der Waals surface area contributed by atoms with Gasteiger partial charge in [0.2, 0.25) is 11.8 Å². The molecule has 3 N–H and O–H groups in total. The van der Waals surface area contributed by atoms with E-state index in [0.29, 0.717) is 23.2 Å². The number of rotatable bonds is 8. The maximum Gasteiger partial charge on any atom is 0.238 e. The maximum absolute atomic E-state index is 12.5. The first kappa shape index (κ1) is 20.6. The van der Waals surface area contributed by atoms with Crippen LogP contribution in [0.1, 0.15) is 35.9 Å². The van der Waals surface area contributed by atoms with Crippen LogP contribution >= 0.6 is 11.8 Å². The lowest BCUT2D eigenvalue weighted by Crippen LogP contribution is -2.33. The van der Waals surface area contributed by atoms with Crippen molar-refractivity contribution in [1.82, 2.24) is 25.7 Å². The Morgan fingerprint density at radius 2 is 2.00 bits per heavy atom. The molecule has 1 aromatic carbocycles. The number of thioether (sulfide) groups is 1. The van der Waals surface area contributed by atoms with Crippen molar-refractivity contribution in [1.29, 1.82) is 0 Å². The zero-order valence-electron chi connectivity index (χ0n) is 16.3. The van der Waals surface area contributed by atoms with Crippen LogP contribution in [0.5, 0.6) is 0 Å². The third-order valence-electron chi connectivity index (χ3n) is 4.02. The highest BCUT2D eigenvalue weighted by atomic mass is 32.2. The number of benzene rings is 1. The van der Waals surface area contributed by atoms with Gasteiger partial charge in [-0.05, 0) is 26.3 Å². The lowest BCUT2D eigenvalue weighted by Gasteiger charge is -2.17. The Hall–Kier alpha value is -3.14. The molecule has 3 rings (SSSR count). The molecule has 2 unspecified atom stereocenters. The molecule has 0 saturated carbocycles. The van der Waals surface area contributed by atoms with Gasteiger partial charge in [0.15, 0.2) is 11.6 Å². The molecule has 2 atom stereocenters. The first-order chi connectivity index (χ1) is 13.9. The molecule has 9 nitrogen and oxygen atoms in total. The summed E-state index contributed by atoms with van der Waals surface area (Å²) >= 11 is 1.23. The minimum atomic E-state index is -0.475. The predicted octanol–water partition coefficient (Wildman–Crippen LogP) is 2.38.